The van der Waals surface area contributed by atoms with Gasteiger partial charge in [-0.1, -0.05) is 12.1 Å². The van der Waals surface area contributed by atoms with Crippen LogP contribution >= 0.6 is 0 Å². The van der Waals surface area contributed by atoms with E-state index in [1.54, 1.807) is 18.2 Å². The summed E-state index contributed by atoms with van der Waals surface area (Å²) >= 11 is 0. The Labute approximate surface area is 186 Å². The maximum atomic E-state index is 13.7. The van der Waals surface area contributed by atoms with Crippen LogP contribution in [0.15, 0.2) is 53.4 Å². The van der Waals surface area contributed by atoms with Gasteiger partial charge in [0.25, 0.3) is 5.91 Å². The van der Waals surface area contributed by atoms with Crippen LogP contribution in [0.2, 0.25) is 0 Å². The minimum atomic E-state index is -3.80. The van der Waals surface area contributed by atoms with Crippen molar-refractivity contribution < 1.29 is 32.2 Å². The van der Waals surface area contributed by atoms with Crippen LogP contribution in [-0.4, -0.2) is 57.9 Å². The van der Waals surface area contributed by atoms with Gasteiger partial charge < -0.3 is 19.9 Å². The summed E-state index contributed by atoms with van der Waals surface area (Å²) in [6.45, 7) is -0.0912. The van der Waals surface area contributed by atoms with Crippen LogP contribution in [-0.2, 0) is 14.8 Å². The Hall–Kier alpha value is -2.53. The predicted octanol–water partition coefficient (Wildman–Crippen LogP) is 1.84. The Morgan fingerprint density at radius 2 is 1.91 bits per heavy atom. The quantitative estimate of drug-likeness (QED) is 0.520. The number of aliphatic hydroxyl groups excluding tert-OH is 1. The standard InChI is InChI=1S/C22H27FN2O6S/c1-30-15-6-9-17(10-7-15)32(28,29)25-20-11-8-16(31-21(20)14-26)12-13-24-22(27)18-4-2-3-5-19(18)23/h2-7,9-10,16,20-21,25-26H,8,11-14H2,1H3,(H,24,27)/t16-,20+,21+/m0/s1. The highest BCUT2D eigenvalue weighted by molar-refractivity contribution is 7.89. The van der Waals surface area contributed by atoms with Gasteiger partial charge in [-0.2, -0.15) is 0 Å². The molecule has 0 aromatic heterocycles. The fourth-order valence-corrected chi connectivity index (χ4v) is 4.89. The average Bonchev–Trinajstić information content (AvgIpc) is 2.80. The van der Waals surface area contributed by atoms with Gasteiger partial charge in [0.1, 0.15) is 11.6 Å². The van der Waals surface area contributed by atoms with Gasteiger partial charge in [0.2, 0.25) is 10.0 Å². The molecule has 0 aliphatic carbocycles. The number of methoxy groups -OCH3 is 1. The zero-order chi connectivity index (χ0) is 23.1. The van der Waals surface area contributed by atoms with Crippen LogP contribution < -0.4 is 14.8 Å². The SMILES string of the molecule is COc1ccc(S(=O)(=O)N[C@@H]2CC[C@@H](CCNC(=O)c3ccccc3F)O[C@@H]2CO)cc1. The summed E-state index contributed by atoms with van der Waals surface area (Å²) in [5, 5.41) is 12.4. The molecule has 3 rings (SSSR count). The maximum absolute atomic E-state index is 13.7. The molecular weight excluding hydrogens is 439 g/mol. The summed E-state index contributed by atoms with van der Waals surface area (Å²) in [4.78, 5) is 12.2. The number of sulfonamides is 1. The molecule has 32 heavy (non-hydrogen) atoms. The van der Waals surface area contributed by atoms with Gasteiger partial charge in [-0.05, 0) is 55.7 Å². The fraction of sp³-hybridized carbons (Fsp3) is 0.409. The summed E-state index contributed by atoms with van der Waals surface area (Å²) in [5.41, 5.74) is -0.0294. The molecule has 2 aromatic carbocycles. The Bertz CT molecular complexity index is 1020. The van der Waals surface area contributed by atoms with E-state index in [1.165, 1.54) is 37.4 Å². The number of carbonyl (C=O) groups excluding carboxylic acids is 1. The summed E-state index contributed by atoms with van der Waals surface area (Å²) in [5.74, 6) is -0.558. The molecule has 174 valence electrons. The van der Waals surface area contributed by atoms with Crippen molar-refractivity contribution in [3.8, 4) is 5.75 Å². The zero-order valence-corrected chi connectivity index (χ0v) is 18.5. The molecule has 1 aliphatic heterocycles. The van der Waals surface area contributed by atoms with Gasteiger partial charge in [-0.15, -0.1) is 0 Å². The smallest absolute Gasteiger partial charge is 0.254 e. The van der Waals surface area contributed by atoms with Crippen LogP contribution in [0.4, 0.5) is 4.39 Å². The monoisotopic (exact) mass is 466 g/mol. The average molecular weight is 467 g/mol. The molecule has 10 heteroatoms. The van der Waals surface area contributed by atoms with Crippen molar-refractivity contribution in [2.75, 3.05) is 20.3 Å². The third kappa shape index (κ3) is 6.04. The number of ether oxygens (including phenoxy) is 2. The molecule has 1 heterocycles. The second kappa shape index (κ2) is 10.9. The van der Waals surface area contributed by atoms with Gasteiger partial charge in [0.15, 0.2) is 0 Å². The van der Waals surface area contributed by atoms with Gasteiger partial charge in [0.05, 0.1) is 42.4 Å². The highest BCUT2D eigenvalue weighted by Crippen LogP contribution is 2.24. The number of carbonyl (C=O) groups is 1. The summed E-state index contributed by atoms with van der Waals surface area (Å²) in [6, 6.07) is 11.1. The summed E-state index contributed by atoms with van der Waals surface area (Å²) in [6.07, 6.45) is 0.474. The molecule has 1 amide bonds. The lowest BCUT2D eigenvalue weighted by atomic mass is 9.98. The van der Waals surface area contributed by atoms with Crippen molar-refractivity contribution >= 4 is 15.9 Å². The summed E-state index contributed by atoms with van der Waals surface area (Å²) in [7, 11) is -2.30. The number of halogens is 1. The van der Waals surface area contributed by atoms with Crippen LogP contribution in [0.3, 0.4) is 0 Å². The molecule has 3 atom stereocenters. The highest BCUT2D eigenvalue weighted by Gasteiger charge is 2.34. The lowest BCUT2D eigenvalue weighted by molar-refractivity contribution is -0.0871. The molecule has 0 saturated carbocycles. The first-order valence-electron chi connectivity index (χ1n) is 10.3. The number of benzene rings is 2. The molecule has 0 radical (unpaired) electrons. The molecule has 1 fully saturated rings. The number of aliphatic hydroxyl groups is 1. The first-order chi connectivity index (χ1) is 15.3. The van der Waals surface area contributed by atoms with Crippen LogP contribution in [0.1, 0.15) is 29.6 Å². The van der Waals surface area contributed by atoms with Gasteiger partial charge in [0, 0.05) is 6.54 Å². The third-order valence-corrected chi connectivity index (χ3v) is 6.85. The van der Waals surface area contributed by atoms with E-state index in [4.69, 9.17) is 9.47 Å². The van der Waals surface area contributed by atoms with Crippen molar-refractivity contribution in [3.63, 3.8) is 0 Å². The normalized spacial score (nSPS) is 21.2. The first kappa shape index (κ1) is 24.1. The van der Waals surface area contributed by atoms with Crippen LogP contribution in [0.25, 0.3) is 0 Å². The van der Waals surface area contributed by atoms with E-state index in [-0.39, 0.29) is 29.7 Å². The summed E-state index contributed by atoms with van der Waals surface area (Å²) < 4.78 is 52.6. The number of hydrogen-bond acceptors (Lipinski definition) is 6. The Balaban J connectivity index is 1.52. The molecule has 0 bridgehead atoms. The van der Waals surface area contributed by atoms with E-state index in [1.807, 2.05) is 0 Å². The lowest BCUT2D eigenvalue weighted by Gasteiger charge is -2.36. The highest BCUT2D eigenvalue weighted by atomic mass is 32.2. The van der Waals surface area contributed by atoms with Gasteiger partial charge >= 0.3 is 0 Å². The molecule has 1 aliphatic rings. The second-order valence-corrected chi connectivity index (χ2v) is 9.20. The Kier molecular flexibility index (Phi) is 8.19. The molecule has 8 nitrogen and oxygen atoms in total. The lowest BCUT2D eigenvalue weighted by Crippen LogP contribution is -2.51. The molecular formula is C22H27FN2O6S. The number of hydrogen-bond donors (Lipinski definition) is 3. The largest absolute Gasteiger partial charge is 0.497 e. The molecule has 2 aromatic rings. The van der Waals surface area contributed by atoms with Crippen molar-refractivity contribution in [2.45, 2.75) is 42.4 Å². The van der Waals surface area contributed by atoms with Gasteiger partial charge in [-0.25, -0.2) is 17.5 Å². The van der Waals surface area contributed by atoms with E-state index < -0.39 is 33.9 Å². The minimum Gasteiger partial charge on any atom is -0.497 e. The number of rotatable bonds is 9. The minimum absolute atomic E-state index is 0.0294. The van der Waals surface area contributed by atoms with Crippen molar-refractivity contribution in [1.29, 1.82) is 0 Å². The molecule has 3 N–H and O–H groups in total. The second-order valence-electron chi connectivity index (χ2n) is 7.48. The van der Waals surface area contributed by atoms with Crippen molar-refractivity contribution in [1.82, 2.24) is 10.0 Å². The number of nitrogens with one attached hydrogen (secondary N) is 2. The first-order valence-corrected chi connectivity index (χ1v) is 11.8. The van der Waals surface area contributed by atoms with Gasteiger partial charge in [-0.3, -0.25) is 4.79 Å². The van der Waals surface area contributed by atoms with E-state index >= 15 is 0 Å². The Morgan fingerprint density at radius 3 is 2.56 bits per heavy atom. The predicted molar refractivity (Wildman–Crippen MR) is 115 cm³/mol. The molecule has 0 spiro atoms. The van der Waals surface area contributed by atoms with Crippen molar-refractivity contribution in [3.05, 3.63) is 59.9 Å². The zero-order valence-electron chi connectivity index (χ0n) is 17.7. The van der Waals surface area contributed by atoms with E-state index in [0.717, 1.165) is 0 Å². The maximum Gasteiger partial charge on any atom is 0.254 e. The van der Waals surface area contributed by atoms with Crippen molar-refractivity contribution in [2.24, 2.45) is 0 Å². The topological polar surface area (TPSA) is 114 Å². The van der Waals surface area contributed by atoms with E-state index in [9.17, 15) is 22.7 Å². The fourth-order valence-electron chi connectivity index (χ4n) is 3.59. The van der Waals surface area contributed by atoms with E-state index in [2.05, 4.69) is 10.0 Å². The van der Waals surface area contributed by atoms with Crippen LogP contribution in [0.5, 0.6) is 5.75 Å². The molecule has 1 saturated heterocycles. The third-order valence-electron chi connectivity index (χ3n) is 5.34. The van der Waals surface area contributed by atoms with E-state index in [0.29, 0.717) is 25.0 Å². The van der Waals surface area contributed by atoms with Crippen LogP contribution in [0, 0.1) is 5.82 Å². The Morgan fingerprint density at radius 1 is 1.19 bits per heavy atom. The molecule has 0 unspecified atom stereocenters. The number of amides is 1.